The Morgan fingerprint density at radius 1 is 0.758 bits per heavy atom. The van der Waals surface area contributed by atoms with Crippen LogP contribution in [0.15, 0.2) is 30.3 Å². The molecule has 0 aliphatic carbocycles. The van der Waals surface area contributed by atoms with E-state index in [0.29, 0.717) is 17.7 Å². The molecule has 4 N–H and O–H groups in total. The molecule has 7 heteroatoms. The molecule has 180 valence electrons. The van der Waals surface area contributed by atoms with Gasteiger partial charge in [0.25, 0.3) is 11.8 Å². The number of carbonyl (C=O) groups is 2. The quantitative estimate of drug-likeness (QED) is 0.337. The van der Waals surface area contributed by atoms with Crippen molar-refractivity contribution in [1.82, 2.24) is 9.80 Å². The van der Waals surface area contributed by atoms with E-state index >= 15 is 0 Å². The van der Waals surface area contributed by atoms with E-state index in [1.54, 1.807) is 0 Å². The third-order valence-electron chi connectivity index (χ3n) is 6.41. The van der Waals surface area contributed by atoms with Crippen molar-refractivity contribution in [2.24, 2.45) is 11.5 Å². The largest absolute Gasteiger partial charge is 0.377 e. The third-order valence-corrected chi connectivity index (χ3v) is 6.41. The fraction of sp³-hybridized carbons (Fsp3) is 0.538. The Morgan fingerprint density at radius 3 is 1.91 bits per heavy atom. The third kappa shape index (κ3) is 5.91. The zero-order chi connectivity index (χ0) is 23.8. The molecule has 33 heavy (non-hydrogen) atoms. The van der Waals surface area contributed by atoms with Gasteiger partial charge in [0.05, 0.1) is 0 Å². The molecule has 0 atom stereocenters. The Balaban J connectivity index is 1.64. The van der Waals surface area contributed by atoms with E-state index in [9.17, 15) is 9.59 Å². The summed E-state index contributed by atoms with van der Waals surface area (Å²) in [5.74, 6) is -0.367. The lowest BCUT2D eigenvalue weighted by molar-refractivity contribution is 0.0606. The molecule has 0 fully saturated rings. The summed E-state index contributed by atoms with van der Waals surface area (Å²) in [6, 6.07) is 9.55. The van der Waals surface area contributed by atoms with Crippen LogP contribution in [0.1, 0.15) is 59.2 Å². The molecule has 1 heterocycles. The van der Waals surface area contributed by atoms with Crippen LogP contribution in [0.2, 0.25) is 0 Å². The van der Waals surface area contributed by atoms with E-state index in [0.717, 1.165) is 87.7 Å². The van der Waals surface area contributed by atoms with Crippen LogP contribution >= 0.6 is 0 Å². The number of hydrogen-bond acceptors (Lipinski definition) is 6. The first-order valence-electron chi connectivity index (χ1n) is 12.2. The lowest BCUT2D eigenvalue weighted by Crippen LogP contribution is -2.41. The van der Waals surface area contributed by atoms with Crippen molar-refractivity contribution in [3.05, 3.63) is 41.5 Å². The van der Waals surface area contributed by atoms with Crippen LogP contribution in [0.4, 0.5) is 5.69 Å². The van der Waals surface area contributed by atoms with Crippen LogP contribution in [0, 0.1) is 0 Å². The van der Waals surface area contributed by atoms with E-state index < -0.39 is 0 Å². The van der Waals surface area contributed by atoms with Gasteiger partial charge in [-0.15, -0.1) is 0 Å². The van der Waals surface area contributed by atoms with Gasteiger partial charge >= 0.3 is 0 Å². The maximum Gasteiger partial charge on any atom is 0.261 e. The van der Waals surface area contributed by atoms with Crippen LogP contribution in [-0.4, -0.2) is 75.0 Å². The van der Waals surface area contributed by atoms with E-state index in [1.807, 2.05) is 49.3 Å². The topological polar surface area (TPSA) is 95.9 Å². The monoisotopic (exact) mass is 453 g/mol. The molecule has 1 aliphatic heterocycles. The van der Waals surface area contributed by atoms with Crippen molar-refractivity contribution in [1.29, 1.82) is 0 Å². The lowest BCUT2D eigenvalue weighted by atomic mass is 9.92. The van der Waals surface area contributed by atoms with Gasteiger partial charge in [-0.25, -0.2) is 0 Å². The maximum atomic E-state index is 13.2. The summed E-state index contributed by atoms with van der Waals surface area (Å²) in [7, 11) is 3.94. The number of amides is 2. The van der Waals surface area contributed by atoms with Crippen LogP contribution in [-0.2, 0) is 0 Å². The number of nitrogens with two attached hydrogens (primary N) is 2. The number of imide groups is 1. The number of rotatable bonds is 14. The molecule has 7 nitrogen and oxygen atoms in total. The summed E-state index contributed by atoms with van der Waals surface area (Å²) >= 11 is 0. The van der Waals surface area contributed by atoms with Crippen molar-refractivity contribution in [3.8, 4) is 0 Å². The molecular formula is C26H39N5O2. The Kier molecular flexibility index (Phi) is 9.23. The minimum atomic E-state index is -0.184. The van der Waals surface area contributed by atoms with Crippen molar-refractivity contribution in [2.75, 3.05) is 58.3 Å². The molecule has 0 unspecified atom stereocenters. The second-order valence-electron chi connectivity index (χ2n) is 9.06. The lowest BCUT2D eigenvalue weighted by Gasteiger charge is -2.29. The zero-order valence-corrected chi connectivity index (χ0v) is 20.2. The highest BCUT2D eigenvalue weighted by Crippen LogP contribution is 2.35. The highest BCUT2D eigenvalue weighted by molar-refractivity contribution is 6.26. The Hall–Kier alpha value is -2.48. The highest BCUT2D eigenvalue weighted by atomic mass is 16.2. The predicted octanol–water partition coefficient (Wildman–Crippen LogP) is 3.06. The second kappa shape index (κ2) is 12.1. The molecular weight excluding hydrogens is 414 g/mol. The summed E-state index contributed by atoms with van der Waals surface area (Å²) < 4.78 is 0. The summed E-state index contributed by atoms with van der Waals surface area (Å²) in [6.45, 7) is 4.92. The van der Waals surface area contributed by atoms with E-state index in [2.05, 4.69) is 4.90 Å². The number of hydrogen-bond donors (Lipinski definition) is 2. The van der Waals surface area contributed by atoms with Gasteiger partial charge in [-0.3, -0.25) is 14.5 Å². The Morgan fingerprint density at radius 2 is 1.33 bits per heavy atom. The fourth-order valence-corrected chi connectivity index (χ4v) is 4.62. The second-order valence-corrected chi connectivity index (χ2v) is 9.06. The number of nitrogens with zero attached hydrogens (tertiary/aromatic N) is 3. The molecule has 0 saturated carbocycles. The average Bonchev–Trinajstić information content (AvgIpc) is 2.81. The fourth-order valence-electron chi connectivity index (χ4n) is 4.62. The zero-order valence-electron chi connectivity index (χ0n) is 20.2. The predicted molar refractivity (Wildman–Crippen MR) is 136 cm³/mol. The Labute approximate surface area is 197 Å². The van der Waals surface area contributed by atoms with E-state index in [1.165, 1.54) is 4.90 Å². The average molecular weight is 454 g/mol. The van der Waals surface area contributed by atoms with Crippen LogP contribution < -0.4 is 16.4 Å². The number of carbonyl (C=O) groups excluding carboxylic acids is 2. The molecule has 0 spiro atoms. The van der Waals surface area contributed by atoms with Crippen molar-refractivity contribution in [3.63, 3.8) is 0 Å². The summed E-state index contributed by atoms with van der Waals surface area (Å²) in [5, 5.41) is 1.72. The first kappa shape index (κ1) is 25.1. The standard InChI is InChI=1S/C26H39N5O2/c1-29(2)23-13-12-22-24-20(23)10-9-11-21(24)25(32)31(26(22)33)19-8-7-18-30(16-5-3-14-27)17-6-4-15-28/h9-13H,3-8,14-19,27-28H2,1-2H3. The number of unbranched alkanes of at least 4 members (excludes halogenated alkanes) is 3. The molecule has 0 saturated heterocycles. The van der Waals surface area contributed by atoms with Crippen molar-refractivity contribution < 1.29 is 9.59 Å². The Bertz CT molecular complexity index is 927. The van der Waals surface area contributed by atoms with Gasteiger partial charge in [0.2, 0.25) is 0 Å². The van der Waals surface area contributed by atoms with Gasteiger partial charge in [0.15, 0.2) is 0 Å². The van der Waals surface area contributed by atoms with Crippen molar-refractivity contribution >= 4 is 28.3 Å². The molecule has 0 bridgehead atoms. The summed E-state index contributed by atoms with van der Waals surface area (Å²) in [5.41, 5.74) is 13.5. The molecule has 2 aromatic carbocycles. The smallest absolute Gasteiger partial charge is 0.261 e. The number of anilines is 1. The minimum absolute atomic E-state index is 0.184. The molecule has 0 radical (unpaired) electrons. The number of benzene rings is 2. The van der Waals surface area contributed by atoms with Gasteiger partial charge in [-0.1, -0.05) is 12.1 Å². The normalized spacial score (nSPS) is 13.4. The van der Waals surface area contributed by atoms with E-state index in [4.69, 9.17) is 11.5 Å². The van der Waals surface area contributed by atoms with Gasteiger partial charge in [0, 0.05) is 48.2 Å². The molecule has 3 rings (SSSR count). The first-order valence-corrected chi connectivity index (χ1v) is 12.2. The molecule has 0 aromatic heterocycles. The summed E-state index contributed by atoms with van der Waals surface area (Å²) in [6.07, 6.45) is 5.99. The molecule has 2 amide bonds. The van der Waals surface area contributed by atoms with Crippen LogP contribution in [0.3, 0.4) is 0 Å². The SMILES string of the molecule is CN(C)c1ccc2c3c(cccc13)C(=O)N(CCCCN(CCCCN)CCCCN)C2=O. The molecule has 1 aliphatic rings. The van der Waals surface area contributed by atoms with Gasteiger partial charge in [-0.05, 0) is 89.4 Å². The first-order chi connectivity index (χ1) is 16.0. The van der Waals surface area contributed by atoms with E-state index in [-0.39, 0.29) is 11.8 Å². The van der Waals surface area contributed by atoms with Gasteiger partial charge < -0.3 is 21.3 Å². The van der Waals surface area contributed by atoms with Crippen molar-refractivity contribution in [2.45, 2.75) is 38.5 Å². The maximum absolute atomic E-state index is 13.2. The van der Waals surface area contributed by atoms with Gasteiger partial charge in [0.1, 0.15) is 0 Å². The van der Waals surface area contributed by atoms with Crippen LogP contribution in [0.5, 0.6) is 0 Å². The minimum Gasteiger partial charge on any atom is -0.377 e. The summed E-state index contributed by atoms with van der Waals surface area (Å²) in [4.78, 5) is 32.4. The van der Waals surface area contributed by atoms with Gasteiger partial charge in [-0.2, -0.15) is 0 Å². The highest BCUT2D eigenvalue weighted by Gasteiger charge is 2.33. The molecule has 2 aromatic rings. The van der Waals surface area contributed by atoms with Crippen LogP contribution in [0.25, 0.3) is 10.8 Å².